The van der Waals surface area contributed by atoms with Crippen LogP contribution in [0.15, 0.2) is 24.3 Å². The van der Waals surface area contributed by atoms with Crippen LogP contribution >= 0.6 is 11.6 Å². The van der Waals surface area contributed by atoms with Crippen molar-refractivity contribution >= 4 is 29.1 Å². The molecule has 2 N–H and O–H groups in total. The average Bonchev–Trinajstić information content (AvgIpc) is 2.16. The maximum atomic E-state index is 13.2. The molecule has 0 fully saturated rings. The van der Waals surface area contributed by atoms with Crippen molar-refractivity contribution in [1.82, 2.24) is 0 Å². The second-order valence-corrected chi connectivity index (χ2v) is 3.20. The Morgan fingerprint density at radius 1 is 1.31 bits per heavy atom. The second kappa shape index (κ2) is 4.76. The average molecular weight is 245 g/mol. The molecule has 1 aromatic carbocycles. The molecule has 0 amide bonds. The predicted octanol–water partition coefficient (Wildman–Crippen LogP) is 2.03. The van der Waals surface area contributed by atoms with E-state index in [1.165, 1.54) is 12.1 Å². The van der Waals surface area contributed by atoms with Crippen LogP contribution in [0.1, 0.15) is 5.56 Å². The third-order valence-corrected chi connectivity index (χ3v) is 2.01. The number of aliphatic hydroxyl groups is 1. The number of aliphatic hydroxyl groups excluding tert-OH is 1. The van der Waals surface area contributed by atoms with Crippen LogP contribution in [0.3, 0.4) is 0 Å². The van der Waals surface area contributed by atoms with E-state index >= 15 is 0 Å². The highest BCUT2D eigenvalue weighted by Gasteiger charge is 2.15. The van der Waals surface area contributed by atoms with Gasteiger partial charge in [0.2, 0.25) is 0 Å². The molecule has 0 aliphatic heterocycles. The molecule has 0 aromatic heterocycles. The normalized spacial score (nSPS) is 11.2. The summed E-state index contributed by atoms with van der Waals surface area (Å²) in [5.74, 6) is -4.79. The number of halogens is 2. The molecule has 0 spiro atoms. The second-order valence-electron chi connectivity index (χ2n) is 2.80. The molecule has 0 unspecified atom stereocenters. The van der Waals surface area contributed by atoms with Gasteiger partial charge < -0.3 is 10.2 Å². The Balaban J connectivity index is 3.19. The number of carboxylic acid groups (broad SMARTS) is 1. The van der Waals surface area contributed by atoms with Crippen LogP contribution < -0.4 is 0 Å². The summed E-state index contributed by atoms with van der Waals surface area (Å²) in [6.07, 6.45) is 0.395. The van der Waals surface area contributed by atoms with Crippen molar-refractivity contribution < 1.29 is 24.2 Å². The van der Waals surface area contributed by atoms with Crippen LogP contribution in [0.2, 0.25) is 5.02 Å². The van der Waals surface area contributed by atoms with Crippen molar-refractivity contribution in [3.05, 3.63) is 40.7 Å². The summed E-state index contributed by atoms with van der Waals surface area (Å²) in [5.41, 5.74) is -0.404. The minimum Gasteiger partial charge on any atom is -0.507 e. The lowest BCUT2D eigenvalue weighted by atomic mass is 10.1. The Morgan fingerprint density at radius 2 is 1.94 bits per heavy atom. The smallest absolute Gasteiger partial charge is 0.376 e. The first-order valence-corrected chi connectivity index (χ1v) is 4.43. The van der Waals surface area contributed by atoms with E-state index in [-0.39, 0.29) is 5.02 Å². The quantitative estimate of drug-likeness (QED) is 0.485. The summed E-state index contributed by atoms with van der Waals surface area (Å²) in [4.78, 5) is 21.0. The molecule has 0 aliphatic carbocycles. The maximum absolute atomic E-state index is 13.2. The minimum atomic E-state index is -1.75. The van der Waals surface area contributed by atoms with E-state index in [0.29, 0.717) is 6.08 Å². The van der Waals surface area contributed by atoms with Gasteiger partial charge in [-0.05, 0) is 12.1 Å². The zero-order valence-electron chi connectivity index (χ0n) is 7.78. The lowest BCUT2D eigenvalue weighted by Crippen LogP contribution is -2.09. The first-order valence-electron chi connectivity index (χ1n) is 4.05. The van der Waals surface area contributed by atoms with Gasteiger partial charge in [0.1, 0.15) is 11.6 Å². The molecule has 0 bridgehead atoms. The van der Waals surface area contributed by atoms with Crippen molar-refractivity contribution in [3.8, 4) is 0 Å². The van der Waals surface area contributed by atoms with Gasteiger partial charge in [-0.3, -0.25) is 4.79 Å². The first-order chi connectivity index (χ1) is 7.43. The van der Waals surface area contributed by atoms with Crippen molar-refractivity contribution in [3.63, 3.8) is 0 Å². The number of rotatable bonds is 3. The zero-order chi connectivity index (χ0) is 12.3. The lowest BCUT2D eigenvalue weighted by Gasteiger charge is -2.03. The van der Waals surface area contributed by atoms with Crippen molar-refractivity contribution in [1.29, 1.82) is 0 Å². The number of aliphatic carboxylic acids is 1. The Morgan fingerprint density at radius 3 is 2.44 bits per heavy atom. The molecule has 1 rings (SSSR count). The number of hydrogen-bond acceptors (Lipinski definition) is 3. The number of benzene rings is 1. The van der Waals surface area contributed by atoms with E-state index in [1.54, 1.807) is 0 Å². The lowest BCUT2D eigenvalue weighted by molar-refractivity contribution is -0.146. The van der Waals surface area contributed by atoms with E-state index < -0.39 is 28.9 Å². The monoisotopic (exact) mass is 244 g/mol. The molecule has 0 heterocycles. The van der Waals surface area contributed by atoms with Crippen molar-refractivity contribution in [2.24, 2.45) is 0 Å². The fourth-order valence-corrected chi connectivity index (χ4v) is 1.26. The fraction of sp³-hybridized carbons (Fsp3) is 0. The van der Waals surface area contributed by atoms with Crippen molar-refractivity contribution in [2.75, 3.05) is 0 Å². The highest BCUT2D eigenvalue weighted by molar-refractivity contribution is 6.39. The summed E-state index contributed by atoms with van der Waals surface area (Å²) < 4.78 is 13.2. The molecule has 0 aliphatic rings. The number of ketones is 1. The van der Waals surface area contributed by atoms with Gasteiger partial charge in [0.15, 0.2) is 0 Å². The molecular formula is C10H6ClFO4. The van der Waals surface area contributed by atoms with Crippen LogP contribution in [0.5, 0.6) is 0 Å². The predicted molar refractivity (Wildman–Crippen MR) is 54.7 cm³/mol. The van der Waals surface area contributed by atoms with Crippen LogP contribution in [0.25, 0.3) is 5.76 Å². The van der Waals surface area contributed by atoms with E-state index in [9.17, 15) is 19.1 Å². The SMILES string of the molecule is O=C(O)C(=O)/C=C(\O)c1c(F)cccc1Cl. The van der Waals surface area contributed by atoms with Crippen molar-refractivity contribution in [2.45, 2.75) is 0 Å². The van der Waals surface area contributed by atoms with Gasteiger partial charge in [0.05, 0.1) is 10.6 Å². The van der Waals surface area contributed by atoms with Gasteiger partial charge in [0.25, 0.3) is 5.78 Å². The Bertz CT molecular complexity index is 461. The molecule has 6 heteroatoms. The topological polar surface area (TPSA) is 74.6 Å². The van der Waals surface area contributed by atoms with Gasteiger partial charge in [-0.1, -0.05) is 17.7 Å². The van der Waals surface area contributed by atoms with Crippen LogP contribution in [-0.2, 0) is 9.59 Å². The van der Waals surface area contributed by atoms with Gasteiger partial charge in [-0.15, -0.1) is 0 Å². The zero-order valence-corrected chi connectivity index (χ0v) is 8.53. The molecule has 0 radical (unpaired) electrons. The van der Waals surface area contributed by atoms with E-state index in [4.69, 9.17) is 16.7 Å². The first kappa shape index (κ1) is 12.2. The standard InChI is InChI=1S/C10H6ClFO4/c11-5-2-1-3-6(12)9(5)7(13)4-8(14)10(15)16/h1-4,13H,(H,15,16)/b7-4-. The molecule has 0 saturated heterocycles. The summed E-state index contributed by atoms with van der Waals surface area (Å²) in [6, 6.07) is 3.64. The fourth-order valence-electron chi connectivity index (χ4n) is 1.00. The van der Waals surface area contributed by atoms with E-state index in [2.05, 4.69) is 0 Å². The third-order valence-electron chi connectivity index (χ3n) is 1.70. The maximum Gasteiger partial charge on any atom is 0.376 e. The van der Waals surface area contributed by atoms with Gasteiger partial charge in [-0.25, -0.2) is 9.18 Å². The van der Waals surface area contributed by atoms with Crippen LogP contribution in [0.4, 0.5) is 4.39 Å². The number of carbonyl (C=O) groups excluding carboxylic acids is 1. The van der Waals surface area contributed by atoms with Gasteiger partial charge in [-0.2, -0.15) is 0 Å². The molecular weight excluding hydrogens is 239 g/mol. The third kappa shape index (κ3) is 2.58. The van der Waals surface area contributed by atoms with E-state index in [0.717, 1.165) is 6.07 Å². The molecule has 1 aromatic rings. The molecule has 0 saturated carbocycles. The summed E-state index contributed by atoms with van der Waals surface area (Å²) in [7, 11) is 0. The highest BCUT2D eigenvalue weighted by atomic mass is 35.5. The minimum absolute atomic E-state index is 0.119. The molecule has 84 valence electrons. The van der Waals surface area contributed by atoms with Gasteiger partial charge >= 0.3 is 5.97 Å². The summed E-state index contributed by atoms with van der Waals surface area (Å²) in [5, 5.41) is 17.5. The molecule has 4 nitrogen and oxygen atoms in total. The number of carbonyl (C=O) groups is 2. The molecule has 16 heavy (non-hydrogen) atoms. The van der Waals surface area contributed by atoms with Crippen LogP contribution in [0, 0.1) is 5.82 Å². The Labute approximate surface area is 94.6 Å². The largest absolute Gasteiger partial charge is 0.507 e. The number of carboxylic acids is 1. The van der Waals surface area contributed by atoms with E-state index in [1.807, 2.05) is 0 Å². The molecule has 0 atom stereocenters. The Kier molecular flexibility index (Phi) is 3.63. The number of hydrogen-bond donors (Lipinski definition) is 2. The Hall–Kier alpha value is -1.88. The highest BCUT2D eigenvalue weighted by Crippen LogP contribution is 2.24. The van der Waals surface area contributed by atoms with Crippen LogP contribution in [-0.4, -0.2) is 22.0 Å². The van der Waals surface area contributed by atoms with Gasteiger partial charge in [0, 0.05) is 6.08 Å². The summed E-state index contributed by atoms with van der Waals surface area (Å²) >= 11 is 5.59. The summed E-state index contributed by atoms with van der Waals surface area (Å²) in [6.45, 7) is 0.